The highest BCUT2D eigenvalue weighted by Gasteiger charge is 2.48. The van der Waals surface area contributed by atoms with E-state index in [1.54, 1.807) is 23.1 Å². The molecule has 0 saturated heterocycles. The number of rotatable bonds is 4. The second-order valence-electron chi connectivity index (χ2n) is 10.0. The van der Waals surface area contributed by atoms with Gasteiger partial charge in [0.2, 0.25) is 5.91 Å². The summed E-state index contributed by atoms with van der Waals surface area (Å²) < 4.78 is 21.6. The van der Waals surface area contributed by atoms with E-state index in [9.17, 15) is 14.0 Å². The van der Waals surface area contributed by atoms with E-state index in [2.05, 4.69) is 5.32 Å². The first-order valence-corrected chi connectivity index (χ1v) is 12.3. The van der Waals surface area contributed by atoms with Crippen molar-refractivity contribution in [2.24, 2.45) is 0 Å². The molecule has 0 radical (unpaired) electrons. The van der Waals surface area contributed by atoms with Crippen LogP contribution in [-0.4, -0.2) is 32.9 Å². The van der Waals surface area contributed by atoms with Crippen molar-refractivity contribution in [3.63, 3.8) is 0 Å². The van der Waals surface area contributed by atoms with Crippen molar-refractivity contribution in [3.8, 4) is 0 Å². The van der Waals surface area contributed by atoms with Gasteiger partial charge in [0.25, 0.3) is 5.91 Å². The molecule has 1 N–H and O–H groups in total. The number of carbonyl (C=O) groups excluding carboxylic acids is 2. The molecule has 3 aromatic rings. The monoisotopic (exact) mass is 465 g/mol. The van der Waals surface area contributed by atoms with E-state index in [1.165, 1.54) is 31.4 Å². The Morgan fingerprint density at radius 1 is 1.15 bits per heavy atom. The van der Waals surface area contributed by atoms with Crippen molar-refractivity contribution in [3.05, 3.63) is 59.2 Å². The first-order valence-electron chi connectivity index (χ1n) is 12.3. The van der Waals surface area contributed by atoms with E-state index in [0.29, 0.717) is 23.4 Å². The van der Waals surface area contributed by atoms with E-state index >= 15 is 0 Å². The number of halogens is 1. The summed E-state index contributed by atoms with van der Waals surface area (Å²) in [7, 11) is 0. The molecule has 7 heteroatoms. The van der Waals surface area contributed by atoms with Gasteiger partial charge in [0, 0.05) is 24.7 Å². The molecule has 1 aliphatic carbocycles. The standard InChI is InChI=1S/C27H32FN3O3/c1-18-13-22-24(34-18)15-23-25(32)31(16-19-9-8-10-20(28)14-19)27(2,17-30(22)23)26(33)29-21-11-6-4-3-5-7-12-21/h8-10,13-15,21H,3-7,11-12,16-17H2,1-2H3,(H,29,33)/t27-/m0/s1. The molecular weight excluding hydrogens is 433 g/mol. The number of aromatic nitrogens is 1. The number of hydrogen-bond donors (Lipinski definition) is 1. The Labute approximate surface area is 199 Å². The summed E-state index contributed by atoms with van der Waals surface area (Å²) >= 11 is 0. The molecule has 1 fully saturated rings. The maximum Gasteiger partial charge on any atom is 0.271 e. The second kappa shape index (κ2) is 8.93. The fraction of sp³-hybridized carbons (Fsp3) is 0.481. The van der Waals surface area contributed by atoms with Gasteiger partial charge in [-0.3, -0.25) is 9.59 Å². The summed E-state index contributed by atoms with van der Waals surface area (Å²) in [5.74, 6) is -0.0139. The molecule has 34 heavy (non-hydrogen) atoms. The maximum absolute atomic E-state index is 13.9. The first-order chi connectivity index (χ1) is 16.3. The van der Waals surface area contributed by atoms with Crippen molar-refractivity contribution in [2.45, 2.75) is 83.5 Å². The summed E-state index contributed by atoms with van der Waals surface area (Å²) in [5, 5.41) is 3.28. The third kappa shape index (κ3) is 4.12. The Bertz CT molecular complexity index is 1220. The van der Waals surface area contributed by atoms with Crippen LogP contribution < -0.4 is 5.32 Å². The molecule has 2 aliphatic rings. The smallest absolute Gasteiger partial charge is 0.271 e. The van der Waals surface area contributed by atoms with Gasteiger partial charge in [-0.1, -0.05) is 44.2 Å². The summed E-state index contributed by atoms with van der Waals surface area (Å²) in [4.78, 5) is 29.2. The number of fused-ring (bicyclic) bond motifs is 3. The minimum absolute atomic E-state index is 0.109. The van der Waals surface area contributed by atoms with E-state index < -0.39 is 5.54 Å². The topological polar surface area (TPSA) is 67.5 Å². The predicted molar refractivity (Wildman–Crippen MR) is 128 cm³/mol. The Kier molecular flexibility index (Phi) is 5.96. The second-order valence-corrected chi connectivity index (χ2v) is 10.0. The van der Waals surface area contributed by atoms with Crippen LogP contribution in [0.25, 0.3) is 11.1 Å². The lowest BCUT2D eigenvalue weighted by molar-refractivity contribution is -0.134. The van der Waals surface area contributed by atoms with Crippen LogP contribution >= 0.6 is 0 Å². The highest BCUT2D eigenvalue weighted by atomic mass is 19.1. The van der Waals surface area contributed by atoms with Crippen molar-refractivity contribution in [1.82, 2.24) is 14.8 Å². The van der Waals surface area contributed by atoms with Crippen molar-refractivity contribution >= 4 is 22.9 Å². The van der Waals surface area contributed by atoms with Gasteiger partial charge in [-0.2, -0.15) is 0 Å². The molecule has 1 aliphatic heterocycles. The largest absolute Gasteiger partial charge is 0.460 e. The van der Waals surface area contributed by atoms with Gasteiger partial charge in [0.05, 0.1) is 12.1 Å². The van der Waals surface area contributed by atoms with E-state index in [-0.39, 0.29) is 30.2 Å². The minimum Gasteiger partial charge on any atom is -0.460 e. The molecule has 0 bridgehead atoms. The van der Waals surface area contributed by atoms with Gasteiger partial charge in [-0.15, -0.1) is 0 Å². The van der Waals surface area contributed by atoms with Crippen LogP contribution in [0.4, 0.5) is 4.39 Å². The molecule has 2 amide bonds. The van der Waals surface area contributed by atoms with Gasteiger partial charge in [-0.05, 0) is 44.4 Å². The molecule has 1 saturated carbocycles. The maximum atomic E-state index is 13.9. The molecule has 180 valence electrons. The number of benzene rings is 1. The zero-order valence-corrected chi connectivity index (χ0v) is 19.9. The van der Waals surface area contributed by atoms with Crippen LogP contribution in [0.5, 0.6) is 0 Å². The molecule has 1 aromatic carbocycles. The van der Waals surface area contributed by atoms with E-state index in [4.69, 9.17) is 4.42 Å². The van der Waals surface area contributed by atoms with Gasteiger partial charge in [0.15, 0.2) is 5.58 Å². The fourth-order valence-electron chi connectivity index (χ4n) is 5.47. The van der Waals surface area contributed by atoms with E-state index in [0.717, 1.165) is 37.0 Å². The highest BCUT2D eigenvalue weighted by Crippen LogP contribution is 2.35. The molecule has 3 heterocycles. The Morgan fingerprint density at radius 3 is 2.62 bits per heavy atom. The van der Waals surface area contributed by atoms with Gasteiger partial charge >= 0.3 is 0 Å². The highest BCUT2D eigenvalue weighted by molar-refractivity contribution is 6.03. The lowest BCUT2D eigenvalue weighted by Crippen LogP contribution is -2.64. The van der Waals surface area contributed by atoms with Gasteiger partial charge < -0.3 is 19.2 Å². The van der Waals surface area contributed by atoms with Crippen molar-refractivity contribution in [2.75, 3.05) is 0 Å². The Balaban J connectivity index is 1.51. The lowest BCUT2D eigenvalue weighted by Gasteiger charge is -2.44. The lowest BCUT2D eigenvalue weighted by atomic mass is 9.91. The molecule has 0 spiro atoms. The van der Waals surface area contributed by atoms with Gasteiger partial charge in [0.1, 0.15) is 22.8 Å². The van der Waals surface area contributed by atoms with Crippen LogP contribution in [0.3, 0.4) is 0 Å². The SMILES string of the molecule is Cc1cc2c(cc3n2C[C@@](C)(C(=O)NC2CCCCCCC2)N(Cc2cccc(F)c2)C3=O)o1. The number of aryl methyl sites for hydroxylation is 1. The average Bonchev–Trinajstić information content (AvgIpc) is 3.29. The van der Waals surface area contributed by atoms with Crippen molar-refractivity contribution in [1.29, 1.82) is 0 Å². The molecule has 2 aromatic heterocycles. The van der Waals surface area contributed by atoms with Crippen LogP contribution in [0.15, 0.2) is 40.8 Å². The number of carbonyl (C=O) groups is 2. The number of nitrogens with one attached hydrogen (secondary N) is 1. The summed E-state index contributed by atoms with van der Waals surface area (Å²) in [5.41, 5.74) is 1.46. The fourth-order valence-corrected chi connectivity index (χ4v) is 5.47. The quantitative estimate of drug-likeness (QED) is 0.567. The molecule has 6 nitrogen and oxygen atoms in total. The van der Waals surface area contributed by atoms with E-state index in [1.807, 2.05) is 24.5 Å². The molecule has 5 rings (SSSR count). The molecular formula is C27H32FN3O3. The number of hydrogen-bond acceptors (Lipinski definition) is 3. The Morgan fingerprint density at radius 2 is 1.88 bits per heavy atom. The van der Waals surface area contributed by atoms with Crippen molar-refractivity contribution < 1.29 is 18.4 Å². The zero-order chi connectivity index (χ0) is 23.9. The van der Waals surface area contributed by atoms with Gasteiger partial charge in [-0.25, -0.2) is 4.39 Å². The third-order valence-electron chi connectivity index (χ3n) is 7.40. The predicted octanol–water partition coefficient (Wildman–Crippen LogP) is 5.33. The molecule has 0 unspecified atom stereocenters. The summed E-state index contributed by atoms with van der Waals surface area (Å²) in [6.07, 6.45) is 7.76. The van der Waals surface area contributed by atoms with Crippen LogP contribution in [0, 0.1) is 12.7 Å². The van der Waals surface area contributed by atoms with Crippen LogP contribution in [0.1, 0.15) is 73.7 Å². The molecule has 1 atom stereocenters. The zero-order valence-electron chi connectivity index (χ0n) is 19.9. The normalized spacial score (nSPS) is 21.9. The van der Waals surface area contributed by atoms with Crippen LogP contribution in [0.2, 0.25) is 0 Å². The first kappa shape index (κ1) is 22.7. The number of amides is 2. The summed E-state index contributed by atoms with van der Waals surface area (Å²) in [6.45, 7) is 4.15. The average molecular weight is 466 g/mol. The number of nitrogens with zero attached hydrogens (tertiary/aromatic N) is 2. The minimum atomic E-state index is -1.13. The Hall–Kier alpha value is -3.09. The van der Waals surface area contributed by atoms with Crippen LogP contribution in [-0.2, 0) is 17.9 Å². The number of furan rings is 1. The summed E-state index contributed by atoms with van der Waals surface area (Å²) in [6, 6.07) is 9.97. The third-order valence-corrected chi connectivity index (χ3v) is 7.40.